The summed E-state index contributed by atoms with van der Waals surface area (Å²) in [5.41, 5.74) is -6.71. The molecule has 0 bridgehead atoms. The van der Waals surface area contributed by atoms with Crippen LogP contribution in [-0.4, -0.2) is 67.1 Å². The minimum absolute atomic E-state index is 0.0329. The Morgan fingerprint density at radius 3 is 2.45 bits per heavy atom. The number of aldehydes is 1. The van der Waals surface area contributed by atoms with Crippen LogP contribution in [0, 0.1) is 22.7 Å². The summed E-state index contributed by atoms with van der Waals surface area (Å²) < 4.78 is 4.99. The zero-order valence-corrected chi connectivity index (χ0v) is 18.4. The van der Waals surface area contributed by atoms with Gasteiger partial charge in [-0.25, -0.2) is 4.79 Å². The summed E-state index contributed by atoms with van der Waals surface area (Å²) in [6, 6.07) is 2.80. The highest BCUT2D eigenvalue weighted by molar-refractivity contribution is 5.93. The van der Waals surface area contributed by atoms with Gasteiger partial charge < -0.3 is 34.7 Å². The molecule has 1 aromatic rings. The number of aliphatic hydroxyl groups excluding tert-OH is 3. The van der Waals surface area contributed by atoms with Crippen molar-refractivity contribution in [2.75, 3.05) is 0 Å². The minimum Gasteiger partial charge on any atom is -0.431 e. The van der Waals surface area contributed by atoms with Crippen LogP contribution in [0.2, 0.25) is 0 Å². The number of rotatable bonds is 2. The molecule has 10 atom stereocenters. The summed E-state index contributed by atoms with van der Waals surface area (Å²) in [5.74, 6) is -3.13. The highest BCUT2D eigenvalue weighted by Crippen LogP contribution is 2.69. The second-order valence-corrected chi connectivity index (χ2v) is 10.8. The zero-order chi connectivity index (χ0) is 24.0. The Bertz CT molecular complexity index is 1030. The summed E-state index contributed by atoms with van der Waals surface area (Å²) in [5, 5.41) is 56.1. The molecular weight excluding hydrogens is 432 g/mol. The van der Waals surface area contributed by atoms with Gasteiger partial charge in [0.2, 0.25) is 0 Å². The van der Waals surface area contributed by atoms with Crippen molar-refractivity contribution < 1.29 is 39.5 Å². The lowest BCUT2D eigenvalue weighted by molar-refractivity contribution is -0.280. The van der Waals surface area contributed by atoms with Crippen molar-refractivity contribution in [3.8, 4) is 0 Å². The summed E-state index contributed by atoms with van der Waals surface area (Å²) in [6.07, 6.45) is -2.00. The molecule has 0 amide bonds. The van der Waals surface area contributed by atoms with Gasteiger partial charge in [-0.15, -0.1) is 0 Å². The van der Waals surface area contributed by atoms with E-state index in [2.05, 4.69) is 0 Å². The molecular formula is C24H30O9. The van der Waals surface area contributed by atoms with Gasteiger partial charge in [0.25, 0.3) is 0 Å². The van der Waals surface area contributed by atoms with Crippen LogP contribution in [0.4, 0.5) is 0 Å². The smallest absolute Gasteiger partial charge is 0.335 e. The number of Topliss-reactive ketones (excluding diaryl/α,β-unsaturated/α-hetero) is 1. The lowest BCUT2D eigenvalue weighted by Gasteiger charge is -2.66. The van der Waals surface area contributed by atoms with Crippen LogP contribution in [0.1, 0.15) is 56.9 Å². The van der Waals surface area contributed by atoms with E-state index >= 15 is 0 Å². The van der Waals surface area contributed by atoms with E-state index in [1.165, 1.54) is 12.3 Å². The van der Waals surface area contributed by atoms with Crippen LogP contribution in [0.5, 0.6) is 0 Å². The third-order valence-corrected chi connectivity index (χ3v) is 9.74. The van der Waals surface area contributed by atoms with E-state index in [4.69, 9.17) is 4.42 Å². The summed E-state index contributed by atoms with van der Waals surface area (Å²) in [4.78, 5) is 37.8. The molecule has 4 fully saturated rings. The van der Waals surface area contributed by atoms with E-state index in [1.807, 2.05) is 0 Å². The van der Waals surface area contributed by atoms with E-state index in [-0.39, 0.29) is 32.1 Å². The molecule has 9 heteroatoms. The number of hydrogen-bond acceptors (Lipinski definition) is 9. The Hall–Kier alpha value is -1.91. The monoisotopic (exact) mass is 462 g/mol. The van der Waals surface area contributed by atoms with Gasteiger partial charge in [0.15, 0.2) is 5.78 Å². The fourth-order valence-corrected chi connectivity index (χ4v) is 8.16. The molecule has 180 valence electrons. The van der Waals surface area contributed by atoms with Gasteiger partial charge in [0.05, 0.1) is 40.5 Å². The maximum Gasteiger partial charge on any atom is 0.335 e. The third-order valence-electron chi connectivity index (χ3n) is 9.74. The number of aliphatic hydroxyl groups is 5. The predicted molar refractivity (Wildman–Crippen MR) is 112 cm³/mol. The zero-order valence-electron chi connectivity index (χ0n) is 18.4. The van der Waals surface area contributed by atoms with Gasteiger partial charge in [-0.05, 0) is 50.2 Å². The second kappa shape index (κ2) is 7.05. The maximum atomic E-state index is 13.8. The average Bonchev–Trinajstić information content (AvgIpc) is 3.04. The first-order chi connectivity index (χ1) is 15.5. The number of ketones is 1. The van der Waals surface area contributed by atoms with Crippen LogP contribution in [0.25, 0.3) is 0 Å². The number of carbonyl (C=O) groups is 2. The van der Waals surface area contributed by atoms with E-state index in [1.54, 1.807) is 13.0 Å². The van der Waals surface area contributed by atoms with Gasteiger partial charge in [-0.3, -0.25) is 4.79 Å². The Balaban J connectivity index is 1.65. The molecule has 5 rings (SSSR count). The average molecular weight is 462 g/mol. The second-order valence-electron chi connectivity index (χ2n) is 10.8. The van der Waals surface area contributed by atoms with E-state index < -0.39 is 69.5 Å². The molecule has 0 unspecified atom stereocenters. The lowest BCUT2D eigenvalue weighted by Crippen LogP contribution is -2.77. The van der Waals surface area contributed by atoms with Gasteiger partial charge in [-0.1, -0.05) is 0 Å². The number of hydrogen-bond donors (Lipinski definition) is 5. The largest absolute Gasteiger partial charge is 0.431 e. The van der Waals surface area contributed by atoms with E-state index in [0.29, 0.717) is 18.3 Å². The first kappa shape index (κ1) is 22.9. The highest BCUT2D eigenvalue weighted by Gasteiger charge is 2.78. The third kappa shape index (κ3) is 2.57. The molecule has 0 aromatic carbocycles. The normalized spacial score (nSPS) is 51.4. The lowest BCUT2D eigenvalue weighted by atomic mass is 9.40. The molecule has 4 aliphatic rings. The van der Waals surface area contributed by atoms with Crippen LogP contribution in [0.3, 0.4) is 0 Å². The van der Waals surface area contributed by atoms with Crippen LogP contribution < -0.4 is 5.63 Å². The molecule has 33 heavy (non-hydrogen) atoms. The van der Waals surface area contributed by atoms with Crippen molar-refractivity contribution in [3.63, 3.8) is 0 Å². The molecule has 0 radical (unpaired) electrons. The molecule has 9 nitrogen and oxygen atoms in total. The van der Waals surface area contributed by atoms with Gasteiger partial charge in [0, 0.05) is 30.7 Å². The first-order valence-corrected chi connectivity index (χ1v) is 11.5. The molecule has 1 heterocycles. The number of fused-ring (bicyclic) bond motifs is 5. The van der Waals surface area contributed by atoms with Crippen molar-refractivity contribution in [1.82, 2.24) is 0 Å². The fraction of sp³-hybridized carbons (Fsp3) is 0.708. The standard InChI is InChI=1S/C24H30O9/c1-21-14(12-2-3-17(28)33-10-12)5-7-24(21,32)15-4-6-22(31)9-13(26)8-16(27)23(22,11-25)18(15)19(29)20(21)30/h2-3,10-11,13-16,18-19,26-27,29,31-32H,4-9H2,1H3/t13-,14+,15+,16+,18+,19-,21-,22-,23+,24-/m0/s1. The summed E-state index contributed by atoms with van der Waals surface area (Å²) >= 11 is 0. The van der Waals surface area contributed by atoms with Gasteiger partial charge >= 0.3 is 5.63 Å². The maximum absolute atomic E-state index is 13.8. The quantitative estimate of drug-likeness (QED) is 0.370. The molecule has 0 spiro atoms. The van der Waals surface area contributed by atoms with Crippen LogP contribution >= 0.6 is 0 Å². The van der Waals surface area contributed by atoms with E-state index in [0.717, 1.165) is 0 Å². The molecule has 4 saturated carbocycles. The van der Waals surface area contributed by atoms with Gasteiger partial charge in [0.1, 0.15) is 12.4 Å². The van der Waals surface area contributed by atoms with E-state index in [9.17, 15) is 39.9 Å². The van der Waals surface area contributed by atoms with Gasteiger partial charge in [-0.2, -0.15) is 0 Å². The molecule has 0 aliphatic heterocycles. The predicted octanol–water partition coefficient (Wildman–Crippen LogP) is -0.344. The van der Waals surface area contributed by atoms with Crippen LogP contribution in [-0.2, 0) is 9.59 Å². The van der Waals surface area contributed by atoms with Crippen molar-refractivity contribution in [2.24, 2.45) is 22.7 Å². The SMILES string of the molecule is C[C@]12C(=O)[C@@H](O)[C@H]3[C@@H](CC[C@]4(O)C[C@@H](O)C[C@@H](O)[C@]34C=O)[C@@]1(O)CC[C@@H]2c1ccc(=O)oc1. The van der Waals surface area contributed by atoms with Crippen molar-refractivity contribution in [1.29, 1.82) is 0 Å². The molecule has 0 saturated heterocycles. The van der Waals surface area contributed by atoms with Crippen LogP contribution in [0.15, 0.2) is 27.6 Å². The number of carbonyl (C=O) groups excluding carboxylic acids is 2. The molecule has 4 aliphatic carbocycles. The summed E-state index contributed by atoms with van der Waals surface area (Å²) in [6.45, 7) is 1.60. The highest BCUT2D eigenvalue weighted by atomic mass is 16.4. The molecule has 5 N–H and O–H groups in total. The Kier molecular flexibility index (Phi) is 4.89. The van der Waals surface area contributed by atoms with Crippen molar-refractivity contribution in [2.45, 2.75) is 80.9 Å². The minimum atomic E-state index is -1.89. The Labute approximate surface area is 190 Å². The Morgan fingerprint density at radius 2 is 1.82 bits per heavy atom. The fourth-order valence-electron chi connectivity index (χ4n) is 8.16. The summed E-state index contributed by atoms with van der Waals surface area (Å²) in [7, 11) is 0. The van der Waals surface area contributed by atoms with Crippen molar-refractivity contribution >= 4 is 12.1 Å². The molecule has 1 aromatic heterocycles. The topological polar surface area (TPSA) is 166 Å². The first-order valence-electron chi connectivity index (χ1n) is 11.5. The Morgan fingerprint density at radius 1 is 1.09 bits per heavy atom. The van der Waals surface area contributed by atoms with Crippen molar-refractivity contribution in [3.05, 3.63) is 34.4 Å².